The largest absolute Gasteiger partial charge is 0.302 e. The Hall–Kier alpha value is -0.440. The van der Waals surface area contributed by atoms with E-state index in [2.05, 4.69) is 0 Å². The molecule has 0 spiro atoms. The summed E-state index contributed by atoms with van der Waals surface area (Å²) < 4.78 is 11.9. The topological polar surface area (TPSA) is 20.1 Å². The lowest BCUT2D eigenvalue weighted by Gasteiger charge is -1.95. The minimum Gasteiger partial charge on any atom is -0.302 e. The fraction of sp³-hybridized carbons (Fsp3) is 0.875. The maximum absolute atomic E-state index is 11.9. The van der Waals surface area contributed by atoms with Crippen molar-refractivity contribution in [2.24, 2.45) is 5.92 Å². The second-order valence-electron chi connectivity index (χ2n) is 3.38. The number of halogens is 1. The highest BCUT2D eigenvalue weighted by Crippen LogP contribution is 2.45. The molecule has 0 aromatic rings. The molecule has 0 amide bonds. The van der Waals surface area contributed by atoms with Gasteiger partial charge in [0.15, 0.2) is 0 Å². The lowest BCUT2D eigenvalue weighted by atomic mass is 10.2. The van der Waals surface area contributed by atoms with E-state index in [0.29, 0.717) is 18.5 Å². The van der Waals surface area contributed by atoms with Crippen LogP contribution in [0.5, 0.6) is 0 Å². The summed E-state index contributed by atoms with van der Waals surface area (Å²) in [7, 11) is 0. The Morgan fingerprint density at radius 2 is 2.27 bits per heavy atom. The van der Waals surface area contributed by atoms with Gasteiger partial charge in [0, 0.05) is 12.6 Å². The van der Waals surface area contributed by atoms with Crippen molar-refractivity contribution in [2.75, 3.05) is 13.2 Å². The zero-order chi connectivity index (χ0) is 7.84. The van der Waals surface area contributed by atoms with Crippen molar-refractivity contribution in [1.82, 2.24) is 4.90 Å². The average molecular weight is 157 g/mol. The number of hydrogen-bond donors (Lipinski definition) is 0. The van der Waals surface area contributed by atoms with E-state index in [1.54, 1.807) is 0 Å². The molecule has 1 aliphatic carbocycles. The van der Waals surface area contributed by atoms with Gasteiger partial charge in [-0.2, -0.15) is 0 Å². The average Bonchev–Trinajstić information content (AvgIpc) is 2.80. The molecule has 0 aromatic carbocycles. The molecular weight excluding hydrogens is 145 g/mol. The minimum absolute atomic E-state index is 0.0539. The van der Waals surface area contributed by atoms with Crippen molar-refractivity contribution in [3.8, 4) is 0 Å². The normalized spacial score (nSPS) is 42.1. The number of nitrogens with zero attached hydrogens (tertiary/aromatic N) is 1. The van der Waals surface area contributed by atoms with Gasteiger partial charge in [0.2, 0.25) is 0 Å². The first-order valence-corrected chi connectivity index (χ1v) is 4.15. The van der Waals surface area contributed by atoms with Crippen molar-refractivity contribution in [3.05, 3.63) is 0 Å². The van der Waals surface area contributed by atoms with E-state index >= 15 is 0 Å². The first kappa shape index (κ1) is 7.22. The summed E-state index contributed by atoms with van der Waals surface area (Å²) in [6.45, 7) is 0.123. The lowest BCUT2D eigenvalue weighted by Crippen LogP contribution is -2.07. The fourth-order valence-electron chi connectivity index (χ4n) is 1.86. The van der Waals surface area contributed by atoms with E-state index in [0.717, 1.165) is 6.29 Å². The first-order chi connectivity index (χ1) is 5.38. The summed E-state index contributed by atoms with van der Waals surface area (Å²) in [4.78, 5) is 12.4. The van der Waals surface area contributed by atoms with Crippen LogP contribution in [0, 0.1) is 5.92 Å². The summed E-state index contributed by atoms with van der Waals surface area (Å²) >= 11 is 0. The van der Waals surface area contributed by atoms with Crippen LogP contribution < -0.4 is 0 Å². The molecule has 0 aromatic heterocycles. The number of carbonyl (C=O) groups is 1. The minimum atomic E-state index is -0.326. The highest BCUT2D eigenvalue weighted by molar-refractivity contribution is 5.64. The molecule has 1 heterocycles. The molecule has 1 saturated heterocycles. The molecule has 2 nitrogen and oxygen atoms in total. The molecule has 2 aliphatic rings. The number of aldehydes is 1. The maximum atomic E-state index is 11.9. The number of hydrogen-bond acceptors (Lipinski definition) is 2. The molecule has 2 rings (SSSR count). The molecule has 0 N–H and O–H groups in total. The van der Waals surface area contributed by atoms with Crippen molar-refractivity contribution in [1.29, 1.82) is 0 Å². The van der Waals surface area contributed by atoms with E-state index in [1.165, 1.54) is 12.8 Å². The molecular formula is C8H12FNO. The van der Waals surface area contributed by atoms with E-state index in [1.807, 2.05) is 4.90 Å². The van der Waals surface area contributed by atoms with Crippen molar-refractivity contribution >= 4 is 6.29 Å². The predicted octanol–water partition coefficient (Wildman–Crippen LogP) is 0.618. The summed E-state index contributed by atoms with van der Waals surface area (Å²) in [5, 5.41) is 0. The number of alkyl halides is 1. The van der Waals surface area contributed by atoms with Crippen molar-refractivity contribution in [2.45, 2.75) is 24.9 Å². The molecule has 2 fully saturated rings. The molecule has 0 bridgehead atoms. The summed E-state index contributed by atoms with van der Waals surface area (Å²) in [6.07, 6.45) is 3.42. The Morgan fingerprint density at radius 1 is 1.55 bits per heavy atom. The van der Waals surface area contributed by atoms with Gasteiger partial charge >= 0.3 is 0 Å². The zero-order valence-electron chi connectivity index (χ0n) is 6.37. The Balaban J connectivity index is 1.86. The molecule has 11 heavy (non-hydrogen) atoms. The van der Waals surface area contributed by atoms with Crippen LogP contribution in [0.3, 0.4) is 0 Å². The van der Waals surface area contributed by atoms with Crippen LogP contribution in [0.15, 0.2) is 0 Å². The van der Waals surface area contributed by atoms with Gasteiger partial charge in [-0.25, -0.2) is 4.39 Å². The van der Waals surface area contributed by atoms with Crippen LogP contribution in [0.25, 0.3) is 0 Å². The Kier molecular flexibility index (Phi) is 1.68. The third-order valence-electron chi connectivity index (χ3n) is 2.61. The van der Waals surface area contributed by atoms with Gasteiger partial charge < -0.3 is 4.79 Å². The number of carbonyl (C=O) groups excluding carboxylic acids is 1. The third kappa shape index (κ3) is 1.18. The SMILES string of the molecule is O=C[C@H]1[C@@H](C2CC2)N1CCF. The standard InChI is InChI=1S/C8H12FNO/c9-3-4-10-7(5-11)8(10)6-1-2-6/h5-8H,1-4H2/t7-,8+,10?/m0/s1. The van der Waals surface area contributed by atoms with E-state index < -0.39 is 0 Å². The van der Waals surface area contributed by atoms with Crippen molar-refractivity contribution in [3.63, 3.8) is 0 Å². The first-order valence-electron chi connectivity index (χ1n) is 4.15. The van der Waals surface area contributed by atoms with E-state index in [9.17, 15) is 9.18 Å². The Bertz CT molecular complexity index is 169. The summed E-state index contributed by atoms with van der Waals surface area (Å²) in [5.74, 6) is 0.705. The Morgan fingerprint density at radius 3 is 2.73 bits per heavy atom. The van der Waals surface area contributed by atoms with Crippen molar-refractivity contribution < 1.29 is 9.18 Å². The molecule has 1 unspecified atom stereocenters. The van der Waals surface area contributed by atoms with Gasteiger partial charge in [0.05, 0.1) is 6.04 Å². The summed E-state index contributed by atoms with van der Waals surface area (Å²) in [5.41, 5.74) is 0. The van der Waals surface area contributed by atoms with E-state index in [-0.39, 0.29) is 12.7 Å². The molecule has 62 valence electrons. The van der Waals surface area contributed by atoms with E-state index in [4.69, 9.17) is 0 Å². The second kappa shape index (κ2) is 2.55. The van der Waals surface area contributed by atoms with Gasteiger partial charge in [-0.1, -0.05) is 0 Å². The van der Waals surface area contributed by atoms with Crippen LogP contribution in [0.4, 0.5) is 4.39 Å². The third-order valence-corrected chi connectivity index (χ3v) is 2.61. The van der Waals surface area contributed by atoms with Gasteiger partial charge in [-0.3, -0.25) is 4.90 Å². The second-order valence-corrected chi connectivity index (χ2v) is 3.38. The maximum Gasteiger partial charge on any atom is 0.138 e. The smallest absolute Gasteiger partial charge is 0.138 e. The Labute approximate surface area is 65.4 Å². The van der Waals surface area contributed by atoms with Crippen LogP contribution in [0.1, 0.15) is 12.8 Å². The highest BCUT2D eigenvalue weighted by atomic mass is 19.1. The van der Waals surface area contributed by atoms with Gasteiger partial charge in [0.25, 0.3) is 0 Å². The molecule has 0 radical (unpaired) electrons. The molecule has 1 saturated carbocycles. The van der Waals surface area contributed by atoms with Crippen LogP contribution in [-0.4, -0.2) is 36.5 Å². The number of rotatable bonds is 4. The zero-order valence-corrected chi connectivity index (χ0v) is 6.37. The quantitative estimate of drug-likeness (QED) is 0.440. The van der Waals surface area contributed by atoms with Crippen LogP contribution in [0.2, 0.25) is 0 Å². The molecule has 3 atom stereocenters. The highest BCUT2D eigenvalue weighted by Gasteiger charge is 2.54. The molecule has 3 heteroatoms. The molecule has 1 aliphatic heterocycles. The lowest BCUT2D eigenvalue weighted by molar-refractivity contribution is -0.108. The summed E-state index contributed by atoms with van der Waals surface area (Å²) in [6, 6.07) is 0.460. The van der Waals surface area contributed by atoms with Gasteiger partial charge in [-0.15, -0.1) is 0 Å². The monoisotopic (exact) mass is 157 g/mol. The van der Waals surface area contributed by atoms with Gasteiger partial charge in [0.1, 0.15) is 13.0 Å². The van der Waals surface area contributed by atoms with Crippen LogP contribution >= 0.6 is 0 Å². The predicted molar refractivity (Wildman–Crippen MR) is 39.0 cm³/mol. The van der Waals surface area contributed by atoms with Gasteiger partial charge in [-0.05, 0) is 18.8 Å². The van der Waals surface area contributed by atoms with Crippen LogP contribution in [-0.2, 0) is 4.79 Å². The fourth-order valence-corrected chi connectivity index (χ4v) is 1.86.